The van der Waals surface area contributed by atoms with Crippen LogP contribution in [0.2, 0.25) is 0 Å². The third-order valence-corrected chi connectivity index (χ3v) is 4.34. The summed E-state index contributed by atoms with van der Waals surface area (Å²) >= 11 is 5.39. The van der Waals surface area contributed by atoms with E-state index in [-0.39, 0.29) is 17.9 Å². The van der Waals surface area contributed by atoms with Crippen molar-refractivity contribution in [1.82, 2.24) is 0 Å². The Kier molecular flexibility index (Phi) is 5.51. The normalized spacial score (nSPS) is 29.5. The van der Waals surface area contributed by atoms with E-state index >= 15 is 0 Å². The fourth-order valence-corrected chi connectivity index (χ4v) is 3.24. The number of rotatable bonds is 5. The molecule has 0 bridgehead atoms. The standard InChI is InChI=1S/C16H22ClNO4/c1-3-12(18-21-8-4-7-17)14-13(19)10-16(22-15(14)20)6-5-11(2)9-16/h4,7,11,19H,3,5-6,8-10H2,1-2H3/b7-4+,18-12+. The molecule has 0 saturated heterocycles. The van der Waals surface area contributed by atoms with Gasteiger partial charge in [0.1, 0.15) is 23.5 Å². The third kappa shape index (κ3) is 3.64. The maximum atomic E-state index is 12.4. The molecular weight excluding hydrogens is 306 g/mol. The van der Waals surface area contributed by atoms with Crippen molar-refractivity contribution in [2.24, 2.45) is 11.1 Å². The van der Waals surface area contributed by atoms with Crippen LogP contribution in [-0.2, 0) is 14.4 Å². The monoisotopic (exact) mass is 327 g/mol. The number of carbonyl (C=O) groups excluding carboxylic acids is 1. The Hall–Kier alpha value is -1.49. The smallest absolute Gasteiger partial charge is 0.344 e. The molecule has 1 aliphatic heterocycles. The van der Waals surface area contributed by atoms with Crippen LogP contribution in [0, 0.1) is 5.92 Å². The first-order chi connectivity index (χ1) is 10.5. The highest BCUT2D eigenvalue weighted by atomic mass is 35.5. The summed E-state index contributed by atoms with van der Waals surface area (Å²) in [5, 5.41) is 14.3. The molecule has 122 valence electrons. The number of halogens is 1. The molecule has 2 unspecified atom stereocenters. The highest BCUT2D eigenvalue weighted by Gasteiger charge is 2.46. The quantitative estimate of drug-likeness (QED) is 0.360. The minimum absolute atomic E-state index is 0.0578. The summed E-state index contributed by atoms with van der Waals surface area (Å²) in [6.07, 6.45) is 5.01. The van der Waals surface area contributed by atoms with Gasteiger partial charge >= 0.3 is 5.97 Å². The fourth-order valence-electron chi connectivity index (χ4n) is 3.16. The SMILES string of the molecule is CC/C(=N\OC/C=C/Cl)C1=C(O)CC2(CCC(C)C2)OC1=O. The molecule has 22 heavy (non-hydrogen) atoms. The van der Waals surface area contributed by atoms with Gasteiger partial charge in [0.05, 0.1) is 5.71 Å². The summed E-state index contributed by atoms with van der Waals surface area (Å²) in [7, 11) is 0. The molecule has 1 spiro atoms. The van der Waals surface area contributed by atoms with E-state index in [4.69, 9.17) is 21.2 Å². The van der Waals surface area contributed by atoms with Crippen LogP contribution in [0.4, 0.5) is 0 Å². The van der Waals surface area contributed by atoms with Crippen LogP contribution in [0.15, 0.2) is 28.1 Å². The molecule has 1 N–H and O–H groups in total. The van der Waals surface area contributed by atoms with E-state index < -0.39 is 11.6 Å². The lowest BCUT2D eigenvalue weighted by Crippen LogP contribution is -2.39. The van der Waals surface area contributed by atoms with Gasteiger partial charge in [-0.3, -0.25) is 0 Å². The second-order valence-corrected chi connectivity index (χ2v) is 6.22. The van der Waals surface area contributed by atoms with Gasteiger partial charge in [-0.25, -0.2) is 4.79 Å². The molecule has 0 radical (unpaired) electrons. The maximum Gasteiger partial charge on any atom is 0.344 e. The Morgan fingerprint density at radius 3 is 2.95 bits per heavy atom. The molecule has 0 aromatic heterocycles. The molecule has 6 heteroatoms. The van der Waals surface area contributed by atoms with Gasteiger partial charge in [-0.1, -0.05) is 30.6 Å². The number of ether oxygens (including phenoxy) is 1. The molecule has 5 nitrogen and oxygen atoms in total. The van der Waals surface area contributed by atoms with E-state index in [9.17, 15) is 9.90 Å². The lowest BCUT2D eigenvalue weighted by Gasteiger charge is -2.34. The highest BCUT2D eigenvalue weighted by molar-refractivity contribution is 6.25. The van der Waals surface area contributed by atoms with Gasteiger partial charge in [-0.15, -0.1) is 0 Å². The number of aliphatic hydroxyl groups is 1. The number of aliphatic hydroxyl groups excluding tert-OH is 1. The maximum absolute atomic E-state index is 12.4. The molecule has 2 aliphatic rings. The fraction of sp³-hybridized carbons (Fsp3) is 0.625. The van der Waals surface area contributed by atoms with Crippen molar-refractivity contribution >= 4 is 23.3 Å². The molecule has 1 aliphatic carbocycles. The zero-order valence-corrected chi connectivity index (χ0v) is 13.7. The highest BCUT2D eigenvalue weighted by Crippen LogP contribution is 2.44. The Bertz CT molecular complexity index is 526. The van der Waals surface area contributed by atoms with Gasteiger partial charge in [-0.2, -0.15) is 0 Å². The zero-order valence-electron chi connectivity index (χ0n) is 13.0. The van der Waals surface area contributed by atoms with Crippen LogP contribution in [0.3, 0.4) is 0 Å². The summed E-state index contributed by atoms with van der Waals surface area (Å²) in [6, 6.07) is 0. The first kappa shape index (κ1) is 16.9. The minimum Gasteiger partial charge on any atom is -0.511 e. The van der Waals surface area contributed by atoms with Gasteiger partial charge < -0.3 is 14.7 Å². The summed E-state index contributed by atoms with van der Waals surface area (Å²) in [6.45, 7) is 4.18. The Balaban J connectivity index is 2.18. The van der Waals surface area contributed by atoms with Crippen molar-refractivity contribution in [3.8, 4) is 0 Å². The summed E-state index contributed by atoms with van der Waals surface area (Å²) in [5.41, 5.74) is 1.33. The van der Waals surface area contributed by atoms with Gasteiger partial charge in [0.25, 0.3) is 0 Å². The molecule has 0 aromatic rings. The van der Waals surface area contributed by atoms with Crippen LogP contribution in [0.5, 0.6) is 0 Å². The molecule has 2 atom stereocenters. The van der Waals surface area contributed by atoms with Crippen molar-refractivity contribution in [3.63, 3.8) is 0 Å². The van der Waals surface area contributed by atoms with Crippen molar-refractivity contribution < 1.29 is 19.5 Å². The predicted octanol–water partition coefficient (Wildman–Crippen LogP) is 3.84. The number of esters is 1. The van der Waals surface area contributed by atoms with E-state index in [2.05, 4.69) is 12.1 Å². The molecule has 2 rings (SSSR count). The van der Waals surface area contributed by atoms with Crippen LogP contribution >= 0.6 is 11.6 Å². The van der Waals surface area contributed by atoms with Crippen LogP contribution in [-0.4, -0.2) is 29.0 Å². The average Bonchev–Trinajstić information content (AvgIpc) is 2.81. The van der Waals surface area contributed by atoms with Crippen molar-refractivity contribution in [3.05, 3.63) is 22.9 Å². The number of hydrogen-bond donors (Lipinski definition) is 1. The molecule has 0 amide bonds. The predicted molar refractivity (Wildman–Crippen MR) is 84.8 cm³/mol. The second kappa shape index (κ2) is 7.18. The Morgan fingerprint density at radius 2 is 2.41 bits per heavy atom. The summed E-state index contributed by atoms with van der Waals surface area (Å²) in [5.74, 6) is 0.0597. The zero-order chi connectivity index (χ0) is 16.2. The third-order valence-electron chi connectivity index (χ3n) is 4.16. The molecule has 1 heterocycles. The second-order valence-electron chi connectivity index (χ2n) is 5.97. The van der Waals surface area contributed by atoms with E-state index in [1.807, 2.05) is 6.92 Å². The largest absolute Gasteiger partial charge is 0.511 e. The van der Waals surface area contributed by atoms with Crippen LogP contribution < -0.4 is 0 Å². The Labute approximate surface area is 135 Å². The van der Waals surface area contributed by atoms with E-state index in [0.717, 1.165) is 19.3 Å². The molecular formula is C16H22ClNO4. The lowest BCUT2D eigenvalue weighted by atomic mass is 9.89. The van der Waals surface area contributed by atoms with Gasteiger partial charge in [0, 0.05) is 12.0 Å². The van der Waals surface area contributed by atoms with E-state index in [1.165, 1.54) is 5.54 Å². The summed E-state index contributed by atoms with van der Waals surface area (Å²) in [4.78, 5) is 17.4. The van der Waals surface area contributed by atoms with Gasteiger partial charge in [0.2, 0.25) is 0 Å². The number of nitrogens with zero attached hydrogens (tertiary/aromatic N) is 1. The van der Waals surface area contributed by atoms with Crippen molar-refractivity contribution in [1.29, 1.82) is 0 Å². The Morgan fingerprint density at radius 1 is 1.64 bits per heavy atom. The lowest BCUT2D eigenvalue weighted by molar-refractivity contribution is -0.157. The van der Waals surface area contributed by atoms with Crippen molar-refractivity contribution in [2.75, 3.05) is 6.61 Å². The summed E-state index contributed by atoms with van der Waals surface area (Å²) < 4.78 is 5.67. The van der Waals surface area contributed by atoms with E-state index in [1.54, 1.807) is 6.08 Å². The van der Waals surface area contributed by atoms with E-state index in [0.29, 0.717) is 24.5 Å². The minimum atomic E-state index is -0.537. The van der Waals surface area contributed by atoms with Crippen LogP contribution in [0.1, 0.15) is 46.0 Å². The number of hydrogen-bond acceptors (Lipinski definition) is 5. The molecule has 0 aromatic carbocycles. The number of oxime groups is 1. The first-order valence-electron chi connectivity index (χ1n) is 7.61. The topological polar surface area (TPSA) is 68.1 Å². The number of carbonyl (C=O) groups is 1. The molecule has 1 saturated carbocycles. The molecule has 1 fully saturated rings. The average molecular weight is 328 g/mol. The van der Waals surface area contributed by atoms with Crippen LogP contribution in [0.25, 0.3) is 0 Å². The first-order valence-corrected chi connectivity index (χ1v) is 8.05. The van der Waals surface area contributed by atoms with Crippen molar-refractivity contribution in [2.45, 2.75) is 51.6 Å². The van der Waals surface area contributed by atoms with Gasteiger partial charge in [0.15, 0.2) is 0 Å². The van der Waals surface area contributed by atoms with Gasteiger partial charge in [-0.05, 0) is 37.7 Å².